The average molecular weight is 388 g/mol. The van der Waals surface area contributed by atoms with Crippen LogP contribution < -0.4 is 5.32 Å². The van der Waals surface area contributed by atoms with E-state index in [1.807, 2.05) is 18.2 Å². The van der Waals surface area contributed by atoms with E-state index in [1.165, 1.54) is 28.1 Å². The van der Waals surface area contributed by atoms with E-state index in [0.29, 0.717) is 16.4 Å². The van der Waals surface area contributed by atoms with Crippen LogP contribution in [0.2, 0.25) is 0 Å². The summed E-state index contributed by atoms with van der Waals surface area (Å²) in [5.74, 6) is -0.372. The number of carbonyl (C=O) groups excluding carboxylic acids is 1. The maximum Gasteiger partial charge on any atom is 0.243 e. The average Bonchev–Trinajstić information content (AvgIpc) is 2.73. The Hall–Kier alpha value is -2.76. The predicted octanol–water partition coefficient (Wildman–Crippen LogP) is 5.03. The zero-order chi connectivity index (χ0) is 19.6. The van der Waals surface area contributed by atoms with Gasteiger partial charge in [-0.2, -0.15) is 10.5 Å². The Morgan fingerprint density at radius 1 is 1.07 bits per heavy atom. The molecule has 0 bridgehead atoms. The fourth-order valence-electron chi connectivity index (χ4n) is 4.61. The van der Waals surface area contributed by atoms with Gasteiger partial charge in [-0.05, 0) is 29.2 Å². The van der Waals surface area contributed by atoms with Crippen molar-refractivity contribution in [3.05, 3.63) is 58.6 Å². The highest BCUT2D eigenvalue weighted by molar-refractivity contribution is 8.02. The van der Waals surface area contributed by atoms with Crippen molar-refractivity contribution in [3.63, 3.8) is 0 Å². The van der Waals surface area contributed by atoms with Gasteiger partial charge >= 0.3 is 0 Å². The van der Waals surface area contributed by atoms with Gasteiger partial charge < -0.3 is 5.32 Å². The Morgan fingerprint density at radius 2 is 1.82 bits per heavy atom. The first-order valence-electron chi connectivity index (χ1n) is 9.64. The topological polar surface area (TPSA) is 76.7 Å². The molecule has 1 aliphatic heterocycles. The summed E-state index contributed by atoms with van der Waals surface area (Å²) in [4.78, 5) is 12.7. The maximum atomic E-state index is 12.7. The number of nitrogens with one attached hydrogen (secondary N) is 1. The summed E-state index contributed by atoms with van der Waals surface area (Å²) in [6.07, 6.45) is 4.48. The van der Waals surface area contributed by atoms with E-state index in [0.717, 1.165) is 32.1 Å². The summed E-state index contributed by atoms with van der Waals surface area (Å²) in [5, 5.41) is 25.5. The van der Waals surface area contributed by atoms with Crippen LogP contribution >= 0.6 is 11.8 Å². The van der Waals surface area contributed by atoms with Gasteiger partial charge in [0.15, 0.2) is 0 Å². The first kappa shape index (κ1) is 18.6. The molecule has 5 heteroatoms. The first-order chi connectivity index (χ1) is 13.7. The minimum absolute atomic E-state index is 0.260. The maximum absolute atomic E-state index is 12.7. The molecule has 2 aliphatic rings. The summed E-state index contributed by atoms with van der Waals surface area (Å²) >= 11 is 1.50. The van der Waals surface area contributed by atoms with Gasteiger partial charge in [0.25, 0.3) is 0 Å². The molecule has 1 unspecified atom stereocenters. The number of hydrogen-bond donors (Lipinski definition) is 1. The lowest BCUT2D eigenvalue weighted by Gasteiger charge is -2.43. The Bertz CT molecular complexity index is 1030. The van der Waals surface area contributed by atoms with Crippen LogP contribution in [0.3, 0.4) is 0 Å². The van der Waals surface area contributed by atoms with Crippen molar-refractivity contribution >= 4 is 28.4 Å². The minimum atomic E-state index is -0.774. The first-order valence-corrected chi connectivity index (χ1v) is 10.6. The fourth-order valence-corrected chi connectivity index (χ4v) is 5.73. The van der Waals surface area contributed by atoms with Gasteiger partial charge in [0.1, 0.15) is 5.92 Å². The van der Waals surface area contributed by atoms with E-state index in [9.17, 15) is 15.3 Å². The van der Waals surface area contributed by atoms with Gasteiger partial charge in [-0.3, -0.25) is 4.79 Å². The summed E-state index contributed by atoms with van der Waals surface area (Å²) < 4.78 is 0. The highest BCUT2D eigenvalue weighted by atomic mass is 32.2. The van der Waals surface area contributed by atoms with Gasteiger partial charge in [-0.15, -0.1) is 11.8 Å². The SMILES string of the molecule is N#CC1=C(SCc2cccc3ccccc23)NC(=O)C(C#N)C12CCCCC2. The number of nitriles is 2. The van der Waals surface area contributed by atoms with E-state index in [2.05, 4.69) is 41.7 Å². The molecule has 1 N–H and O–H groups in total. The summed E-state index contributed by atoms with van der Waals surface area (Å²) in [5.41, 5.74) is 1.15. The van der Waals surface area contributed by atoms with Crippen molar-refractivity contribution in [2.45, 2.75) is 37.9 Å². The van der Waals surface area contributed by atoms with Gasteiger partial charge in [0, 0.05) is 11.2 Å². The van der Waals surface area contributed by atoms with Crippen LogP contribution in [0.4, 0.5) is 0 Å². The zero-order valence-corrected chi connectivity index (χ0v) is 16.4. The van der Waals surface area contributed by atoms with Gasteiger partial charge in [0.05, 0.1) is 22.7 Å². The molecule has 1 aliphatic carbocycles. The second kappa shape index (κ2) is 7.70. The van der Waals surface area contributed by atoms with Crippen molar-refractivity contribution in [3.8, 4) is 12.1 Å². The van der Waals surface area contributed by atoms with Crippen molar-refractivity contribution in [2.24, 2.45) is 11.3 Å². The summed E-state index contributed by atoms with van der Waals surface area (Å²) in [6.45, 7) is 0. The standard InChI is InChI=1S/C23H21N3OS/c24-13-19-21(27)26-22(20(14-25)23(19)11-4-1-5-12-23)28-15-17-9-6-8-16-7-2-3-10-18(16)17/h2-3,6-10,19H,1,4-5,11-12,15H2,(H,26,27). The fraction of sp³-hybridized carbons (Fsp3) is 0.348. The molecule has 1 amide bonds. The highest BCUT2D eigenvalue weighted by Gasteiger charge is 2.51. The normalized spacial score (nSPS) is 21.2. The number of allylic oxidation sites excluding steroid dienone is 1. The quantitative estimate of drug-likeness (QED) is 0.801. The number of fused-ring (bicyclic) bond motifs is 1. The molecular formula is C23H21N3OS. The number of rotatable bonds is 3. The van der Waals surface area contributed by atoms with E-state index in [1.54, 1.807) is 0 Å². The molecule has 4 rings (SSSR count). The number of benzene rings is 2. The van der Waals surface area contributed by atoms with E-state index < -0.39 is 11.3 Å². The second-order valence-electron chi connectivity index (χ2n) is 7.51. The van der Waals surface area contributed by atoms with Gasteiger partial charge in [-0.25, -0.2) is 0 Å². The van der Waals surface area contributed by atoms with E-state index in [-0.39, 0.29) is 5.91 Å². The number of amides is 1. The number of nitrogens with zero attached hydrogens (tertiary/aromatic N) is 2. The molecule has 1 fully saturated rings. The van der Waals surface area contributed by atoms with E-state index in [4.69, 9.17) is 0 Å². The second-order valence-corrected chi connectivity index (χ2v) is 8.50. The monoisotopic (exact) mass is 387 g/mol. The lowest BCUT2D eigenvalue weighted by molar-refractivity contribution is -0.126. The molecule has 0 radical (unpaired) electrons. The Balaban J connectivity index is 1.70. The molecule has 28 heavy (non-hydrogen) atoms. The van der Waals surface area contributed by atoms with E-state index >= 15 is 0 Å². The van der Waals surface area contributed by atoms with Crippen LogP contribution in [0.1, 0.15) is 37.7 Å². The van der Waals surface area contributed by atoms with Gasteiger partial charge in [-0.1, -0.05) is 61.7 Å². The van der Waals surface area contributed by atoms with Crippen molar-refractivity contribution in [2.75, 3.05) is 0 Å². The number of hydrogen-bond acceptors (Lipinski definition) is 4. The van der Waals surface area contributed by atoms with Crippen molar-refractivity contribution in [1.82, 2.24) is 5.32 Å². The number of carbonyl (C=O) groups is 1. The molecule has 2 aromatic carbocycles. The Labute approximate surface area is 169 Å². The molecule has 1 spiro atoms. The smallest absolute Gasteiger partial charge is 0.243 e. The van der Waals surface area contributed by atoms with Crippen LogP contribution in [-0.4, -0.2) is 5.91 Å². The Morgan fingerprint density at radius 3 is 2.57 bits per heavy atom. The van der Waals surface area contributed by atoms with Crippen LogP contribution in [-0.2, 0) is 10.5 Å². The van der Waals surface area contributed by atoms with Crippen LogP contribution in [0.15, 0.2) is 53.1 Å². The molecule has 140 valence electrons. The highest BCUT2D eigenvalue weighted by Crippen LogP contribution is 2.52. The molecule has 0 saturated heterocycles. The third kappa shape index (κ3) is 3.07. The zero-order valence-electron chi connectivity index (χ0n) is 15.6. The van der Waals surface area contributed by atoms with Crippen molar-refractivity contribution in [1.29, 1.82) is 10.5 Å². The van der Waals surface area contributed by atoms with Gasteiger partial charge in [0.2, 0.25) is 5.91 Å². The third-order valence-electron chi connectivity index (χ3n) is 6.02. The molecular weight excluding hydrogens is 366 g/mol. The van der Waals surface area contributed by atoms with Crippen LogP contribution in [0.5, 0.6) is 0 Å². The summed E-state index contributed by atoms with van der Waals surface area (Å²) in [6, 6.07) is 19.0. The van der Waals surface area contributed by atoms with Crippen molar-refractivity contribution < 1.29 is 4.79 Å². The Kier molecular flexibility index (Phi) is 5.11. The lowest BCUT2D eigenvalue weighted by atomic mass is 9.61. The molecule has 4 nitrogen and oxygen atoms in total. The minimum Gasteiger partial charge on any atom is -0.319 e. The van der Waals surface area contributed by atoms with Crippen LogP contribution in [0, 0.1) is 34.0 Å². The predicted molar refractivity (Wildman–Crippen MR) is 111 cm³/mol. The largest absolute Gasteiger partial charge is 0.319 e. The van der Waals surface area contributed by atoms with Crippen LogP contribution in [0.25, 0.3) is 10.8 Å². The molecule has 1 atom stereocenters. The number of thioether (sulfide) groups is 1. The molecule has 1 saturated carbocycles. The summed E-state index contributed by atoms with van der Waals surface area (Å²) in [7, 11) is 0. The molecule has 1 heterocycles. The third-order valence-corrected chi connectivity index (χ3v) is 7.07. The lowest BCUT2D eigenvalue weighted by Crippen LogP contribution is -2.48. The molecule has 0 aromatic heterocycles. The molecule has 2 aromatic rings.